The van der Waals surface area contributed by atoms with Gasteiger partial charge in [0.25, 0.3) is 0 Å². The van der Waals surface area contributed by atoms with Crippen molar-refractivity contribution in [3.8, 4) is 0 Å². The molecule has 6 N–H and O–H groups in total. The zero-order valence-electron chi connectivity index (χ0n) is 27.7. The number of hydrogen-bond acceptors (Lipinski definition) is 10. The fourth-order valence-electron chi connectivity index (χ4n) is 3.71. The average Bonchev–Trinajstić information content (AvgIpc) is 2.96. The summed E-state index contributed by atoms with van der Waals surface area (Å²) in [6.07, 6.45) is 2.19. The summed E-state index contributed by atoms with van der Waals surface area (Å²) in [4.78, 5) is 86.1. The molecule has 0 saturated carbocycles. The molecule has 0 aromatic carbocycles. The number of alkyl carbamates (subject to hydrolysis) is 1. The van der Waals surface area contributed by atoms with Crippen molar-refractivity contribution in [2.24, 2.45) is 0 Å². The molecule has 0 aromatic heterocycles. The largest absolute Gasteiger partial charge is 0.480 e. The van der Waals surface area contributed by atoms with Crippen LogP contribution in [0.5, 0.6) is 0 Å². The van der Waals surface area contributed by atoms with Gasteiger partial charge >= 0.3 is 30.0 Å². The molecule has 0 rings (SSSR count). The first kappa shape index (κ1) is 37.9. The summed E-state index contributed by atoms with van der Waals surface area (Å²) in [5, 5.41) is 19.0. The summed E-state index contributed by atoms with van der Waals surface area (Å²) in [6, 6.07) is -6.51. The summed E-state index contributed by atoms with van der Waals surface area (Å²) in [5.41, 5.74) is -0.847. The maximum Gasteiger partial charge on any atom is 0.408 e. The number of rotatable bonds is 19. The molecule has 0 heterocycles. The first-order chi connectivity index (χ1) is 21.0. The third-order valence-corrected chi connectivity index (χ3v) is 5.98. The Kier molecular flexibility index (Phi) is 17.9. The zero-order valence-corrected chi connectivity index (χ0v) is 26.7. The fourth-order valence-corrected chi connectivity index (χ4v) is 3.71. The van der Waals surface area contributed by atoms with Crippen LogP contribution in [0.4, 0.5) is 9.59 Å². The van der Waals surface area contributed by atoms with Gasteiger partial charge in [-0.2, -0.15) is 0 Å². The number of amides is 5. The SMILES string of the molecule is [2H]N(C(=O)NCC(NC(=O)CCCCCC)C(=O)O)[C@@H](CCCC(NC(=O)OC(C)(C)C)C(=O)OC)C(=O)N[C@@H](C)C(=O)OC. The Morgan fingerprint density at radius 3 is 1.98 bits per heavy atom. The molecule has 0 spiro atoms. The van der Waals surface area contributed by atoms with Crippen molar-refractivity contribution in [3.63, 3.8) is 0 Å². The lowest BCUT2D eigenvalue weighted by Gasteiger charge is -2.24. The van der Waals surface area contributed by atoms with E-state index < -0.39 is 78.2 Å². The van der Waals surface area contributed by atoms with Crippen LogP contribution in [0.25, 0.3) is 0 Å². The number of methoxy groups -OCH3 is 2. The van der Waals surface area contributed by atoms with Crippen LogP contribution >= 0.6 is 0 Å². The van der Waals surface area contributed by atoms with Gasteiger partial charge in [-0.25, -0.2) is 24.0 Å². The van der Waals surface area contributed by atoms with Crippen LogP contribution in [0.3, 0.4) is 0 Å². The monoisotopic (exact) mass is 632 g/mol. The maximum atomic E-state index is 13.1. The maximum absolute atomic E-state index is 13.1. The number of urea groups is 1. The molecule has 0 saturated heterocycles. The second-order valence-corrected chi connectivity index (χ2v) is 11.0. The zero-order chi connectivity index (χ0) is 34.7. The number of carboxylic acids is 1. The van der Waals surface area contributed by atoms with Crippen LogP contribution in [0.1, 0.15) is 86.0 Å². The molecule has 0 fully saturated rings. The Morgan fingerprint density at radius 1 is 0.818 bits per heavy atom. The minimum atomic E-state index is -1.53. The lowest BCUT2D eigenvalue weighted by Crippen LogP contribution is -2.55. The van der Waals surface area contributed by atoms with E-state index in [2.05, 4.69) is 26.0 Å². The Hall–Kier alpha value is -4.11. The summed E-state index contributed by atoms with van der Waals surface area (Å²) in [7, 11) is 2.23. The van der Waals surface area contributed by atoms with Gasteiger partial charge in [-0.1, -0.05) is 26.2 Å². The molecule has 5 amide bonds. The van der Waals surface area contributed by atoms with E-state index in [4.69, 9.17) is 10.9 Å². The van der Waals surface area contributed by atoms with Crippen molar-refractivity contribution in [2.45, 2.75) is 116 Å². The highest BCUT2D eigenvalue weighted by Gasteiger charge is 2.29. The number of ether oxygens (including phenoxy) is 3. The first-order valence-electron chi connectivity index (χ1n) is 15.0. The van der Waals surface area contributed by atoms with Crippen molar-refractivity contribution in [3.05, 3.63) is 0 Å². The predicted octanol–water partition coefficient (Wildman–Crippen LogP) is 1.11. The second-order valence-electron chi connectivity index (χ2n) is 11.0. The molecule has 4 atom stereocenters. The van der Waals surface area contributed by atoms with Gasteiger partial charge in [0.05, 0.1) is 20.8 Å². The molecule has 0 radical (unpaired) electrons. The minimum absolute atomic E-state index is 0.00520. The smallest absolute Gasteiger partial charge is 0.408 e. The van der Waals surface area contributed by atoms with Crippen LogP contribution in [-0.4, -0.2) is 97.5 Å². The van der Waals surface area contributed by atoms with E-state index in [9.17, 15) is 38.7 Å². The molecule has 2 unspecified atom stereocenters. The van der Waals surface area contributed by atoms with Crippen LogP contribution < -0.4 is 26.6 Å². The van der Waals surface area contributed by atoms with Crippen LogP contribution in [0, 0.1) is 0 Å². The molecule has 0 aliphatic rings. The second kappa shape index (κ2) is 20.7. The van der Waals surface area contributed by atoms with E-state index in [1.165, 1.54) is 6.92 Å². The summed E-state index contributed by atoms with van der Waals surface area (Å²) >= 11 is 0. The lowest BCUT2D eigenvalue weighted by molar-refractivity contribution is -0.145. The topological polar surface area (TPSA) is 228 Å². The van der Waals surface area contributed by atoms with Gasteiger partial charge < -0.3 is 45.9 Å². The van der Waals surface area contributed by atoms with E-state index in [1.807, 2.05) is 6.92 Å². The lowest BCUT2D eigenvalue weighted by atomic mass is 10.0. The van der Waals surface area contributed by atoms with E-state index in [0.29, 0.717) is 6.42 Å². The molecule has 0 aromatic rings. The number of carbonyl (C=O) groups is 7. The van der Waals surface area contributed by atoms with Gasteiger partial charge in [-0.05, 0) is 53.4 Å². The minimum Gasteiger partial charge on any atom is -0.480 e. The number of carboxylic acid groups (broad SMARTS) is 1. The third-order valence-electron chi connectivity index (χ3n) is 5.98. The summed E-state index contributed by atoms with van der Waals surface area (Å²) in [5.74, 6) is -4.42. The normalized spacial score (nSPS) is 13.9. The van der Waals surface area contributed by atoms with Crippen molar-refractivity contribution in [1.29, 1.82) is 0 Å². The quantitative estimate of drug-likeness (QED) is 0.0671. The Labute approximate surface area is 259 Å². The Balaban J connectivity index is 5.62. The first-order valence-corrected chi connectivity index (χ1v) is 14.5. The van der Waals surface area contributed by atoms with Crippen molar-refractivity contribution in [2.75, 3.05) is 20.8 Å². The summed E-state index contributed by atoms with van der Waals surface area (Å²) in [6.45, 7) is 7.65. The number of esters is 2. The van der Waals surface area contributed by atoms with Crippen LogP contribution in [-0.2, 0) is 38.2 Å². The van der Waals surface area contributed by atoms with Crippen molar-refractivity contribution < 1.29 is 54.3 Å². The van der Waals surface area contributed by atoms with Crippen LogP contribution in [0.2, 0.25) is 1.41 Å². The van der Waals surface area contributed by atoms with Gasteiger partial charge in [0.2, 0.25) is 11.8 Å². The fraction of sp³-hybridized carbons (Fsp3) is 0.750. The van der Waals surface area contributed by atoms with Gasteiger partial charge in [0.15, 0.2) is 1.41 Å². The predicted molar refractivity (Wildman–Crippen MR) is 157 cm³/mol. The highest BCUT2D eigenvalue weighted by atomic mass is 16.6. The molecule has 0 bridgehead atoms. The van der Waals surface area contributed by atoms with Gasteiger partial charge in [-0.15, -0.1) is 0 Å². The van der Waals surface area contributed by atoms with E-state index in [-0.39, 0.29) is 31.0 Å². The molecule has 16 nitrogen and oxygen atoms in total. The molecule has 0 aliphatic carbocycles. The molecule has 44 heavy (non-hydrogen) atoms. The van der Waals surface area contributed by atoms with Gasteiger partial charge in [0.1, 0.15) is 29.8 Å². The van der Waals surface area contributed by atoms with Crippen molar-refractivity contribution >= 4 is 41.8 Å². The van der Waals surface area contributed by atoms with Gasteiger partial charge in [0, 0.05) is 6.42 Å². The van der Waals surface area contributed by atoms with E-state index in [1.54, 1.807) is 20.8 Å². The standard InChI is InChI=1S/C28H49N5O11/c1-8-9-10-11-15-21(34)31-20(23(36)37)16-29-26(40)32-18(22(35)30-17(2)24(38)42-6)13-12-14-19(25(39)43-7)33-27(41)44-28(3,4)5/h17-20H,8-16H2,1-7H3,(H,30,35)(H,31,34)(H,33,41)(H,36,37)(H2,29,32,40)/t17-,18-,19?,20?/m0/s1/i/hD. The number of aliphatic carboxylic acids is 1. The van der Waals surface area contributed by atoms with Crippen LogP contribution in [0.15, 0.2) is 0 Å². The Bertz CT molecular complexity index is 1020. The van der Waals surface area contributed by atoms with Gasteiger partial charge in [-0.3, -0.25) is 9.59 Å². The number of nitrogens with one attached hydrogen (secondary N) is 5. The number of hydrogen-bond donors (Lipinski definition) is 6. The average molecular weight is 633 g/mol. The highest BCUT2D eigenvalue weighted by molar-refractivity contribution is 5.90. The van der Waals surface area contributed by atoms with E-state index >= 15 is 0 Å². The molecule has 0 aliphatic heterocycles. The molecular formula is C28H49N5O11. The molecule has 16 heteroatoms. The van der Waals surface area contributed by atoms with Crippen molar-refractivity contribution in [1.82, 2.24) is 26.6 Å². The number of carbonyl (C=O) groups excluding carboxylic acids is 6. The van der Waals surface area contributed by atoms with E-state index in [0.717, 1.165) is 33.5 Å². The Morgan fingerprint density at radius 2 is 1.43 bits per heavy atom. The summed E-state index contributed by atoms with van der Waals surface area (Å²) < 4.78 is 22.8. The molecular weight excluding hydrogens is 582 g/mol. The molecule has 252 valence electrons. The number of unbranched alkanes of at least 4 members (excludes halogenated alkanes) is 3. The third kappa shape index (κ3) is 17.8. The highest BCUT2D eigenvalue weighted by Crippen LogP contribution is 2.11.